The molecule has 0 radical (unpaired) electrons. The lowest BCUT2D eigenvalue weighted by Crippen LogP contribution is -2.48. The zero-order valence-electron chi connectivity index (χ0n) is 15.0. The van der Waals surface area contributed by atoms with Crippen molar-refractivity contribution in [3.8, 4) is 11.5 Å². The van der Waals surface area contributed by atoms with Crippen LogP contribution in [0.3, 0.4) is 0 Å². The first-order valence-corrected chi connectivity index (χ1v) is 8.69. The number of ether oxygens (including phenoxy) is 2. The maximum absolute atomic E-state index is 12.7. The van der Waals surface area contributed by atoms with Gasteiger partial charge in [-0.05, 0) is 25.1 Å². The highest BCUT2D eigenvalue weighted by Gasteiger charge is 2.33. The minimum absolute atomic E-state index is 0.171. The molecule has 2 atom stereocenters. The second kappa shape index (κ2) is 6.75. The van der Waals surface area contributed by atoms with E-state index in [4.69, 9.17) is 9.47 Å². The van der Waals surface area contributed by atoms with Crippen LogP contribution in [0.15, 0.2) is 53.3 Å². The average molecular weight is 365 g/mol. The second-order valence-electron chi connectivity index (χ2n) is 6.45. The molecule has 4 rings (SSSR count). The number of nitrogens with one attached hydrogen (secondary N) is 1. The molecule has 0 saturated carbocycles. The molecule has 0 bridgehead atoms. The molecule has 3 aromatic rings. The molecule has 2 unspecified atom stereocenters. The van der Waals surface area contributed by atoms with Gasteiger partial charge in [-0.1, -0.05) is 30.3 Å². The van der Waals surface area contributed by atoms with E-state index in [9.17, 15) is 9.59 Å². The Hall–Kier alpha value is -3.35. The number of hydrogen-bond donors (Lipinski definition) is 1. The first kappa shape index (κ1) is 17.1. The molecule has 2 aromatic carbocycles. The number of aryl methyl sites for hydroxylation is 1. The highest BCUT2D eigenvalue weighted by atomic mass is 16.6. The Balaban J connectivity index is 1.54. The molecule has 0 fully saturated rings. The van der Waals surface area contributed by atoms with Gasteiger partial charge in [0.15, 0.2) is 11.5 Å². The van der Waals surface area contributed by atoms with E-state index in [1.807, 2.05) is 24.3 Å². The molecule has 0 saturated heterocycles. The molecule has 27 heavy (non-hydrogen) atoms. The zero-order valence-corrected chi connectivity index (χ0v) is 15.0. The molecule has 1 aromatic heterocycles. The molecule has 7 heteroatoms. The van der Waals surface area contributed by atoms with Crippen LogP contribution in [-0.2, 0) is 18.4 Å². The van der Waals surface area contributed by atoms with Crippen molar-refractivity contribution in [3.63, 3.8) is 0 Å². The second-order valence-corrected chi connectivity index (χ2v) is 6.45. The summed E-state index contributed by atoms with van der Waals surface area (Å²) in [6, 6.07) is 14.5. The van der Waals surface area contributed by atoms with Gasteiger partial charge >= 0.3 is 0 Å². The molecule has 1 N–H and O–H groups in total. The van der Waals surface area contributed by atoms with Crippen molar-refractivity contribution in [3.05, 3.63) is 64.6 Å². The molecular formula is C20H19N3O4. The lowest BCUT2D eigenvalue weighted by molar-refractivity contribution is -0.133. The van der Waals surface area contributed by atoms with Crippen LogP contribution in [0, 0.1) is 0 Å². The summed E-state index contributed by atoms with van der Waals surface area (Å²) in [6.07, 6.45) is -1.19. The van der Waals surface area contributed by atoms with Gasteiger partial charge in [-0.25, -0.2) is 4.68 Å². The molecule has 138 valence electrons. The number of rotatable bonds is 3. The molecule has 1 aliphatic heterocycles. The summed E-state index contributed by atoms with van der Waals surface area (Å²) in [5.41, 5.74) is 0.445. The van der Waals surface area contributed by atoms with Crippen molar-refractivity contribution in [1.29, 1.82) is 0 Å². The number of hydrogen-bond acceptors (Lipinski definition) is 5. The van der Waals surface area contributed by atoms with Crippen LogP contribution < -0.4 is 20.3 Å². The highest BCUT2D eigenvalue weighted by molar-refractivity contribution is 5.85. The maximum atomic E-state index is 12.7. The van der Waals surface area contributed by atoms with Crippen molar-refractivity contribution < 1.29 is 14.3 Å². The van der Waals surface area contributed by atoms with Crippen LogP contribution in [0.25, 0.3) is 10.8 Å². The normalized spacial score (nSPS) is 18.3. The first-order valence-electron chi connectivity index (χ1n) is 8.69. The van der Waals surface area contributed by atoms with Gasteiger partial charge in [0.25, 0.3) is 11.5 Å². The molecule has 1 aliphatic rings. The Morgan fingerprint density at radius 2 is 1.70 bits per heavy atom. The summed E-state index contributed by atoms with van der Waals surface area (Å²) in [7, 11) is 1.59. The zero-order chi connectivity index (χ0) is 19.0. The van der Waals surface area contributed by atoms with Crippen molar-refractivity contribution in [1.82, 2.24) is 15.1 Å². The van der Waals surface area contributed by atoms with Gasteiger partial charge in [0, 0.05) is 12.4 Å². The summed E-state index contributed by atoms with van der Waals surface area (Å²) in [5, 5.41) is 8.43. The number of carbonyl (C=O) groups excluding carboxylic acids is 1. The van der Waals surface area contributed by atoms with Crippen LogP contribution in [0.5, 0.6) is 11.5 Å². The van der Waals surface area contributed by atoms with E-state index in [1.54, 1.807) is 38.2 Å². The van der Waals surface area contributed by atoms with Gasteiger partial charge in [-0.3, -0.25) is 9.59 Å². The van der Waals surface area contributed by atoms with E-state index in [0.717, 1.165) is 5.39 Å². The van der Waals surface area contributed by atoms with Crippen LogP contribution in [0.1, 0.15) is 12.6 Å². The van der Waals surface area contributed by atoms with Gasteiger partial charge in [0.1, 0.15) is 6.10 Å². The lowest BCUT2D eigenvalue weighted by Gasteiger charge is -2.31. The Morgan fingerprint density at radius 1 is 1.07 bits per heavy atom. The summed E-state index contributed by atoms with van der Waals surface area (Å²) >= 11 is 0. The number of fused-ring (bicyclic) bond motifs is 2. The minimum Gasteiger partial charge on any atom is -0.482 e. The van der Waals surface area contributed by atoms with E-state index in [-0.39, 0.29) is 18.0 Å². The Morgan fingerprint density at radius 3 is 2.44 bits per heavy atom. The molecule has 2 heterocycles. The van der Waals surface area contributed by atoms with E-state index in [2.05, 4.69) is 10.4 Å². The summed E-state index contributed by atoms with van der Waals surface area (Å²) in [6.45, 7) is 1.97. The van der Waals surface area contributed by atoms with E-state index < -0.39 is 12.2 Å². The number of amides is 1. The topological polar surface area (TPSA) is 82.4 Å². The maximum Gasteiger partial charge on any atom is 0.274 e. The first-order chi connectivity index (χ1) is 13.0. The summed E-state index contributed by atoms with van der Waals surface area (Å²) < 4.78 is 12.9. The number of benzene rings is 2. The van der Waals surface area contributed by atoms with Crippen LogP contribution in [-0.4, -0.2) is 27.9 Å². The number of para-hydroxylation sites is 2. The smallest absolute Gasteiger partial charge is 0.274 e. The third kappa shape index (κ3) is 3.12. The quantitative estimate of drug-likeness (QED) is 0.765. The molecule has 7 nitrogen and oxygen atoms in total. The van der Waals surface area contributed by atoms with Gasteiger partial charge in [-0.2, -0.15) is 5.10 Å². The minimum atomic E-state index is -0.765. The number of carbonyl (C=O) groups is 1. The van der Waals surface area contributed by atoms with Gasteiger partial charge in [-0.15, -0.1) is 0 Å². The molecule has 0 spiro atoms. The van der Waals surface area contributed by atoms with Crippen LogP contribution in [0.4, 0.5) is 0 Å². The lowest BCUT2D eigenvalue weighted by atomic mass is 10.1. The standard InChI is InChI=1S/C20H19N3O4/c1-12-18(27-17-10-6-5-9-16(17)26-12)19(24)21-11-15-13-7-3-4-8-14(13)20(25)23(2)22-15/h3-10,12,18H,11H2,1-2H3,(H,21,24). The van der Waals surface area contributed by atoms with Crippen molar-refractivity contribution in [2.75, 3.05) is 0 Å². The van der Waals surface area contributed by atoms with Gasteiger partial charge < -0.3 is 14.8 Å². The SMILES string of the molecule is CC1Oc2ccccc2OC1C(=O)NCc1nn(C)c(=O)c2ccccc12. The Kier molecular flexibility index (Phi) is 4.27. The van der Waals surface area contributed by atoms with Crippen molar-refractivity contribution in [2.45, 2.75) is 25.7 Å². The fourth-order valence-electron chi connectivity index (χ4n) is 3.18. The van der Waals surface area contributed by atoms with Gasteiger partial charge in [0.05, 0.1) is 17.6 Å². The van der Waals surface area contributed by atoms with E-state index in [0.29, 0.717) is 22.6 Å². The summed E-state index contributed by atoms with van der Waals surface area (Å²) in [5.74, 6) is 0.873. The average Bonchev–Trinajstić information content (AvgIpc) is 2.69. The third-order valence-electron chi connectivity index (χ3n) is 4.56. The van der Waals surface area contributed by atoms with Crippen molar-refractivity contribution >= 4 is 16.7 Å². The fourth-order valence-corrected chi connectivity index (χ4v) is 3.18. The van der Waals surface area contributed by atoms with Crippen LogP contribution in [0.2, 0.25) is 0 Å². The predicted octanol–water partition coefficient (Wildman–Crippen LogP) is 1.78. The largest absolute Gasteiger partial charge is 0.482 e. The Bertz CT molecular complexity index is 1080. The highest BCUT2D eigenvalue weighted by Crippen LogP contribution is 2.33. The molecule has 0 aliphatic carbocycles. The third-order valence-corrected chi connectivity index (χ3v) is 4.56. The Labute approximate surface area is 155 Å². The van der Waals surface area contributed by atoms with E-state index >= 15 is 0 Å². The van der Waals surface area contributed by atoms with E-state index in [1.165, 1.54) is 4.68 Å². The molecular weight excluding hydrogens is 346 g/mol. The van der Waals surface area contributed by atoms with Crippen molar-refractivity contribution in [2.24, 2.45) is 7.05 Å². The number of nitrogens with zero attached hydrogens (tertiary/aromatic N) is 2. The van der Waals surface area contributed by atoms with Crippen LogP contribution >= 0.6 is 0 Å². The van der Waals surface area contributed by atoms with Gasteiger partial charge in [0.2, 0.25) is 6.10 Å². The monoisotopic (exact) mass is 365 g/mol. The predicted molar refractivity (Wildman–Crippen MR) is 99.8 cm³/mol. The number of aromatic nitrogens is 2. The fraction of sp³-hybridized carbons (Fsp3) is 0.250. The molecule has 1 amide bonds. The summed E-state index contributed by atoms with van der Waals surface area (Å²) in [4.78, 5) is 24.9.